The zero-order valence-electron chi connectivity index (χ0n) is 10.2. The van der Waals surface area contributed by atoms with Crippen LogP contribution in [0.3, 0.4) is 0 Å². The van der Waals surface area contributed by atoms with E-state index in [4.69, 9.17) is 9.15 Å². The Hall–Kier alpha value is -2.36. The van der Waals surface area contributed by atoms with Crippen molar-refractivity contribution in [3.05, 3.63) is 53.8 Å². The minimum atomic E-state index is -0.736. The quantitative estimate of drug-likeness (QED) is 0.610. The maximum absolute atomic E-state index is 12.0. The maximum atomic E-state index is 12.0. The molecule has 1 aromatic heterocycles. The van der Waals surface area contributed by atoms with Crippen LogP contribution in [0.15, 0.2) is 47.1 Å². The van der Waals surface area contributed by atoms with Gasteiger partial charge in [0.25, 0.3) is 5.95 Å². The topological polar surface area (TPSA) is 56.5 Å². The van der Waals surface area contributed by atoms with Gasteiger partial charge in [-0.05, 0) is 23.6 Å². The number of fused-ring (bicyclic) bond motifs is 1. The Morgan fingerprint density at radius 3 is 2.68 bits per heavy atom. The van der Waals surface area contributed by atoms with Crippen molar-refractivity contribution in [3.63, 3.8) is 0 Å². The highest BCUT2D eigenvalue weighted by molar-refractivity contribution is 6.02. The molecule has 0 radical (unpaired) electrons. The van der Waals surface area contributed by atoms with E-state index in [1.54, 1.807) is 12.1 Å². The average Bonchev–Trinajstić information content (AvgIpc) is 2.90. The number of ether oxygens (including phenoxy) is 1. The van der Waals surface area contributed by atoms with Crippen LogP contribution in [0.2, 0.25) is 0 Å². The highest BCUT2D eigenvalue weighted by Crippen LogP contribution is 2.24. The van der Waals surface area contributed by atoms with Crippen LogP contribution < -0.4 is 4.74 Å². The average molecular weight is 256 g/mol. The number of Topliss-reactive ketones (excluding diaryl/α,β-unsaturated/α-hetero) is 1. The lowest BCUT2D eigenvalue weighted by Crippen LogP contribution is -2.34. The molecule has 2 aromatic rings. The van der Waals surface area contributed by atoms with Crippen LogP contribution in [0.4, 0.5) is 0 Å². The van der Waals surface area contributed by atoms with Crippen molar-refractivity contribution in [3.8, 4) is 5.95 Å². The summed E-state index contributed by atoms with van der Waals surface area (Å²) in [4.78, 5) is 24.0. The van der Waals surface area contributed by atoms with E-state index in [1.165, 1.54) is 6.26 Å². The number of hydrogen-bond acceptors (Lipinski definition) is 4. The summed E-state index contributed by atoms with van der Waals surface area (Å²) in [5, 5.41) is 0. The molecule has 1 atom stereocenters. The third-order valence-electron chi connectivity index (χ3n) is 3.28. The molecular formula is C15H12O4. The summed E-state index contributed by atoms with van der Waals surface area (Å²) in [6.45, 7) is 0. The molecule has 1 aliphatic carbocycles. The van der Waals surface area contributed by atoms with Crippen LogP contribution in [0.1, 0.15) is 11.1 Å². The Bertz CT molecular complexity index is 613. The Morgan fingerprint density at radius 1 is 1.16 bits per heavy atom. The molecule has 19 heavy (non-hydrogen) atoms. The third kappa shape index (κ3) is 2.29. The number of esters is 1. The predicted molar refractivity (Wildman–Crippen MR) is 66.7 cm³/mol. The molecule has 0 fully saturated rings. The Labute approximate surface area is 110 Å². The summed E-state index contributed by atoms with van der Waals surface area (Å²) < 4.78 is 10.00. The normalized spacial score (nSPS) is 17.9. The van der Waals surface area contributed by atoms with Gasteiger partial charge in [0, 0.05) is 12.5 Å². The van der Waals surface area contributed by atoms with Gasteiger partial charge in [-0.25, -0.2) is 0 Å². The van der Waals surface area contributed by atoms with Gasteiger partial charge in [-0.3, -0.25) is 9.59 Å². The minimum absolute atomic E-state index is 0.102. The number of hydrogen-bond donors (Lipinski definition) is 0. The first-order chi connectivity index (χ1) is 9.24. The molecule has 1 aliphatic rings. The van der Waals surface area contributed by atoms with Gasteiger partial charge >= 0.3 is 5.97 Å². The second kappa shape index (κ2) is 4.72. The molecule has 0 saturated heterocycles. The van der Waals surface area contributed by atoms with Gasteiger partial charge in [0.1, 0.15) is 5.92 Å². The molecule has 1 aromatic carbocycles. The fourth-order valence-electron chi connectivity index (χ4n) is 2.28. The molecule has 1 unspecified atom stereocenters. The van der Waals surface area contributed by atoms with Crippen molar-refractivity contribution in [2.24, 2.45) is 5.92 Å². The van der Waals surface area contributed by atoms with Crippen LogP contribution in [-0.2, 0) is 22.4 Å². The number of carbonyl (C=O) groups excluding carboxylic acids is 2. The van der Waals surface area contributed by atoms with Crippen LogP contribution in [0.25, 0.3) is 0 Å². The monoisotopic (exact) mass is 256 g/mol. The van der Waals surface area contributed by atoms with Gasteiger partial charge in [-0.15, -0.1) is 0 Å². The van der Waals surface area contributed by atoms with E-state index in [2.05, 4.69) is 0 Å². The highest BCUT2D eigenvalue weighted by atomic mass is 16.6. The molecule has 4 heteroatoms. The van der Waals surface area contributed by atoms with E-state index >= 15 is 0 Å². The molecule has 0 saturated carbocycles. The fraction of sp³-hybridized carbons (Fsp3) is 0.200. The predicted octanol–water partition coefficient (Wildman–Crippen LogP) is 2.17. The van der Waals surface area contributed by atoms with E-state index < -0.39 is 11.9 Å². The lowest BCUT2D eigenvalue weighted by Gasteiger charge is -2.21. The van der Waals surface area contributed by atoms with Crippen LogP contribution in [0, 0.1) is 5.92 Å². The van der Waals surface area contributed by atoms with Crippen molar-refractivity contribution >= 4 is 11.8 Å². The van der Waals surface area contributed by atoms with E-state index in [-0.39, 0.29) is 18.2 Å². The van der Waals surface area contributed by atoms with Gasteiger partial charge in [0.05, 0.1) is 6.26 Å². The number of furan rings is 1. The van der Waals surface area contributed by atoms with Gasteiger partial charge in [0.2, 0.25) is 0 Å². The highest BCUT2D eigenvalue weighted by Gasteiger charge is 2.33. The number of benzene rings is 1. The third-order valence-corrected chi connectivity index (χ3v) is 3.28. The molecule has 0 amide bonds. The molecule has 3 rings (SSSR count). The SMILES string of the molecule is O=C1Cc2ccccc2CC1C(=O)Oc1ccco1. The zero-order valence-corrected chi connectivity index (χ0v) is 10.2. The molecule has 4 nitrogen and oxygen atoms in total. The van der Waals surface area contributed by atoms with Crippen LogP contribution in [-0.4, -0.2) is 11.8 Å². The summed E-state index contributed by atoms with van der Waals surface area (Å²) in [7, 11) is 0. The lowest BCUT2D eigenvalue weighted by molar-refractivity contribution is -0.145. The summed E-state index contributed by atoms with van der Waals surface area (Å²) in [5.74, 6) is -1.26. The molecule has 0 N–H and O–H groups in total. The van der Waals surface area contributed by atoms with Crippen molar-refractivity contribution in [1.82, 2.24) is 0 Å². The smallest absolute Gasteiger partial charge is 0.324 e. The molecule has 1 heterocycles. The zero-order chi connectivity index (χ0) is 13.2. The molecule has 96 valence electrons. The molecular weight excluding hydrogens is 244 g/mol. The van der Waals surface area contributed by atoms with Gasteiger partial charge < -0.3 is 9.15 Å². The Morgan fingerprint density at radius 2 is 1.95 bits per heavy atom. The fourth-order valence-corrected chi connectivity index (χ4v) is 2.28. The molecule has 0 aliphatic heterocycles. The maximum Gasteiger partial charge on any atom is 0.324 e. The summed E-state index contributed by atoms with van der Waals surface area (Å²) in [6.07, 6.45) is 2.10. The summed E-state index contributed by atoms with van der Waals surface area (Å²) in [6, 6.07) is 10.8. The first kappa shape index (κ1) is 11.7. The van der Waals surface area contributed by atoms with E-state index in [0.717, 1.165) is 11.1 Å². The van der Waals surface area contributed by atoms with Crippen molar-refractivity contribution in [2.75, 3.05) is 0 Å². The molecule has 0 spiro atoms. The van der Waals surface area contributed by atoms with Gasteiger partial charge in [-0.1, -0.05) is 24.3 Å². The largest absolute Gasteiger partial charge is 0.434 e. The first-order valence-corrected chi connectivity index (χ1v) is 6.09. The minimum Gasteiger partial charge on any atom is -0.434 e. The summed E-state index contributed by atoms with van der Waals surface area (Å²) in [5.41, 5.74) is 2.03. The van der Waals surface area contributed by atoms with E-state index in [1.807, 2.05) is 24.3 Å². The first-order valence-electron chi connectivity index (χ1n) is 6.09. The second-order valence-electron chi connectivity index (χ2n) is 4.52. The number of ketones is 1. The van der Waals surface area contributed by atoms with Crippen molar-refractivity contribution in [2.45, 2.75) is 12.8 Å². The van der Waals surface area contributed by atoms with E-state index in [9.17, 15) is 9.59 Å². The summed E-state index contributed by atoms with van der Waals surface area (Å²) >= 11 is 0. The lowest BCUT2D eigenvalue weighted by atomic mass is 9.83. The Balaban J connectivity index is 1.79. The van der Waals surface area contributed by atoms with Crippen LogP contribution in [0.5, 0.6) is 5.95 Å². The number of rotatable bonds is 2. The van der Waals surface area contributed by atoms with Crippen LogP contribution >= 0.6 is 0 Å². The van der Waals surface area contributed by atoms with Crippen molar-refractivity contribution < 1.29 is 18.7 Å². The van der Waals surface area contributed by atoms with E-state index in [0.29, 0.717) is 6.42 Å². The molecule has 0 bridgehead atoms. The van der Waals surface area contributed by atoms with Gasteiger partial charge in [0.15, 0.2) is 5.78 Å². The second-order valence-corrected chi connectivity index (χ2v) is 4.52. The Kier molecular flexibility index (Phi) is 2.91. The standard InChI is InChI=1S/C15H12O4/c16-13-9-11-5-2-1-4-10(11)8-12(13)15(17)19-14-6-3-7-18-14/h1-7,12H,8-9H2. The van der Waals surface area contributed by atoms with Gasteiger partial charge in [-0.2, -0.15) is 0 Å². The van der Waals surface area contributed by atoms with Crippen molar-refractivity contribution in [1.29, 1.82) is 0 Å². The number of carbonyl (C=O) groups is 2.